The normalized spacial score (nSPS) is 47.5. The van der Waals surface area contributed by atoms with Gasteiger partial charge in [-0.1, -0.05) is 13.8 Å². The third-order valence-corrected chi connectivity index (χ3v) is 5.56. The third kappa shape index (κ3) is 0.878. The Morgan fingerprint density at radius 3 is 2.35 bits per heavy atom. The summed E-state index contributed by atoms with van der Waals surface area (Å²) in [5, 5.41) is 19.7. The van der Waals surface area contributed by atoms with Crippen molar-refractivity contribution >= 4 is 5.84 Å². The molecule has 4 atom stereocenters. The van der Waals surface area contributed by atoms with E-state index in [1.54, 1.807) is 0 Å². The van der Waals surface area contributed by atoms with Crippen LogP contribution in [0.15, 0.2) is 0 Å². The number of nitrogens with two attached hydrogens (primary N) is 1. The van der Waals surface area contributed by atoms with Crippen LogP contribution in [-0.4, -0.2) is 24.5 Å². The van der Waals surface area contributed by atoms with Crippen LogP contribution in [0.1, 0.15) is 33.6 Å². The van der Waals surface area contributed by atoms with E-state index >= 15 is 0 Å². The predicted octanol–water partition coefficient (Wildman–Crippen LogP) is -0.633. The lowest BCUT2D eigenvalue weighted by Crippen LogP contribution is -2.90. The van der Waals surface area contributed by atoms with Crippen molar-refractivity contribution in [2.24, 2.45) is 22.0 Å². The van der Waals surface area contributed by atoms with Crippen LogP contribution in [0.2, 0.25) is 0 Å². The van der Waals surface area contributed by atoms with Gasteiger partial charge in [0.05, 0.1) is 24.8 Å². The number of nitrogens with one attached hydrogen (secondary N) is 1. The lowest BCUT2D eigenvalue weighted by molar-refractivity contribution is -0.680. The van der Waals surface area contributed by atoms with Crippen molar-refractivity contribution < 1.29 is 14.5 Å². The average Bonchev–Trinajstić information content (AvgIpc) is 2.68. The minimum Gasteiger partial charge on any atom is -0.311 e. The van der Waals surface area contributed by atoms with E-state index in [4.69, 9.17) is 15.2 Å². The van der Waals surface area contributed by atoms with Gasteiger partial charge in [0.25, 0.3) is 5.84 Å². The molecule has 6 heteroatoms. The molecule has 1 saturated carbocycles. The Morgan fingerprint density at radius 2 is 2.00 bits per heavy atom. The van der Waals surface area contributed by atoms with Crippen molar-refractivity contribution in [2.75, 3.05) is 6.61 Å². The molecule has 106 valence electrons. The first-order valence-electron chi connectivity index (χ1n) is 7.03. The predicted molar refractivity (Wildman–Crippen MR) is 68.5 cm³/mol. The van der Waals surface area contributed by atoms with Gasteiger partial charge in [0.15, 0.2) is 10.8 Å². The molecular formula is C14H19N4O2+. The highest BCUT2D eigenvalue weighted by molar-refractivity contribution is 5.94. The fourth-order valence-corrected chi connectivity index (χ4v) is 4.75. The van der Waals surface area contributed by atoms with Crippen molar-refractivity contribution in [1.29, 1.82) is 10.5 Å². The van der Waals surface area contributed by atoms with E-state index in [2.05, 4.69) is 17.1 Å². The second-order valence-electron chi connectivity index (χ2n) is 5.91. The van der Waals surface area contributed by atoms with E-state index in [0.29, 0.717) is 25.3 Å². The molecule has 3 N–H and O–H groups in total. The number of hydrogen-bond acceptors (Lipinski definition) is 5. The molecule has 0 radical (unpaired) electrons. The van der Waals surface area contributed by atoms with Crippen LogP contribution in [0, 0.1) is 38.9 Å². The molecule has 1 aliphatic carbocycles. The lowest BCUT2D eigenvalue weighted by atomic mass is 9.85. The van der Waals surface area contributed by atoms with Crippen LogP contribution >= 0.6 is 0 Å². The molecule has 0 bridgehead atoms. The standard InChI is InChI=1S/C14H18N4O2/c1-4-11(5-2)12(7-15)10(17)18-14(13(11,12)8-16)19-6-9(3)20-14/h9H,4-6H2,1-3H3,(H2,17,18)/p+1/t9-,12+,13-,14+/m0/s1. The van der Waals surface area contributed by atoms with Gasteiger partial charge in [-0.2, -0.15) is 10.5 Å². The van der Waals surface area contributed by atoms with Gasteiger partial charge in [-0.05, 0) is 19.8 Å². The molecule has 1 spiro atoms. The van der Waals surface area contributed by atoms with Crippen LogP contribution in [-0.2, 0) is 9.47 Å². The Hall–Kier alpha value is -1.63. The molecule has 20 heavy (non-hydrogen) atoms. The van der Waals surface area contributed by atoms with Crippen molar-refractivity contribution in [3.05, 3.63) is 0 Å². The molecule has 0 aromatic carbocycles. The number of nitrogens with zero attached hydrogens (tertiary/aromatic N) is 2. The lowest BCUT2D eigenvalue weighted by Gasteiger charge is -2.28. The Kier molecular flexibility index (Phi) is 2.35. The largest absolute Gasteiger partial charge is 0.343 e. The molecule has 2 heterocycles. The maximum Gasteiger partial charge on any atom is 0.343 e. The Bertz CT molecular complexity index is 585. The van der Waals surface area contributed by atoms with E-state index in [0.717, 1.165) is 0 Å². The van der Waals surface area contributed by atoms with Gasteiger partial charge >= 0.3 is 5.91 Å². The fraction of sp³-hybridized carbons (Fsp3) is 0.786. The summed E-state index contributed by atoms with van der Waals surface area (Å²) >= 11 is 0. The summed E-state index contributed by atoms with van der Waals surface area (Å²) in [5.74, 6) is -0.980. The van der Waals surface area contributed by atoms with Crippen LogP contribution in [0.5, 0.6) is 0 Å². The highest BCUT2D eigenvalue weighted by Gasteiger charge is 3.03. The summed E-state index contributed by atoms with van der Waals surface area (Å²) in [6, 6.07) is 4.65. The van der Waals surface area contributed by atoms with Crippen molar-refractivity contribution in [1.82, 2.24) is 0 Å². The zero-order chi connectivity index (χ0) is 14.8. The summed E-state index contributed by atoms with van der Waals surface area (Å²) in [6.07, 6.45) is 1.22. The van der Waals surface area contributed by atoms with Crippen LogP contribution < -0.4 is 10.7 Å². The molecule has 2 fully saturated rings. The van der Waals surface area contributed by atoms with Gasteiger partial charge in [0.1, 0.15) is 0 Å². The summed E-state index contributed by atoms with van der Waals surface area (Å²) < 4.78 is 11.7. The van der Waals surface area contributed by atoms with E-state index in [1.165, 1.54) is 0 Å². The minimum absolute atomic E-state index is 0.137. The minimum atomic E-state index is -1.28. The molecule has 3 aliphatic rings. The van der Waals surface area contributed by atoms with Gasteiger partial charge in [-0.15, -0.1) is 0 Å². The number of amidine groups is 1. The summed E-state index contributed by atoms with van der Waals surface area (Å²) in [4.78, 5) is 2.97. The quantitative estimate of drug-likeness (QED) is 0.697. The summed E-state index contributed by atoms with van der Waals surface area (Å²) in [6.45, 7) is 6.24. The van der Waals surface area contributed by atoms with Gasteiger partial charge in [-0.3, -0.25) is 5.73 Å². The molecule has 0 amide bonds. The first-order chi connectivity index (χ1) is 9.47. The van der Waals surface area contributed by atoms with Crippen LogP contribution in [0.3, 0.4) is 0 Å². The Labute approximate surface area is 118 Å². The maximum atomic E-state index is 9.92. The molecular weight excluding hydrogens is 256 g/mol. The average molecular weight is 275 g/mol. The second-order valence-corrected chi connectivity index (χ2v) is 5.91. The van der Waals surface area contributed by atoms with E-state index in [1.807, 2.05) is 20.8 Å². The summed E-state index contributed by atoms with van der Waals surface area (Å²) in [5.41, 5.74) is 3.48. The number of fused-ring (bicyclic) bond motifs is 2. The monoisotopic (exact) mass is 275 g/mol. The van der Waals surface area contributed by atoms with Crippen molar-refractivity contribution in [3.63, 3.8) is 0 Å². The molecule has 0 aromatic heterocycles. The Balaban J connectivity index is 2.26. The van der Waals surface area contributed by atoms with Gasteiger partial charge in [0, 0.05) is 5.41 Å². The Morgan fingerprint density at radius 1 is 1.35 bits per heavy atom. The van der Waals surface area contributed by atoms with Crippen molar-refractivity contribution in [3.8, 4) is 12.1 Å². The van der Waals surface area contributed by atoms with E-state index in [-0.39, 0.29) is 6.10 Å². The maximum absolute atomic E-state index is 9.92. The first-order valence-corrected chi connectivity index (χ1v) is 7.03. The third-order valence-electron chi connectivity index (χ3n) is 5.56. The highest BCUT2D eigenvalue weighted by atomic mass is 16.8. The second kappa shape index (κ2) is 3.52. The molecule has 6 nitrogen and oxygen atoms in total. The molecule has 2 aliphatic heterocycles. The number of nitriles is 2. The summed E-state index contributed by atoms with van der Waals surface area (Å²) in [7, 11) is 0. The molecule has 1 saturated heterocycles. The zero-order valence-electron chi connectivity index (χ0n) is 12.0. The van der Waals surface area contributed by atoms with Gasteiger partial charge in [0.2, 0.25) is 0 Å². The van der Waals surface area contributed by atoms with Crippen LogP contribution in [0.25, 0.3) is 0 Å². The highest BCUT2D eigenvalue weighted by Crippen LogP contribution is 2.85. The van der Waals surface area contributed by atoms with Crippen LogP contribution in [0.4, 0.5) is 0 Å². The van der Waals surface area contributed by atoms with Gasteiger partial charge in [-0.25, -0.2) is 4.99 Å². The SMILES string of the molecule is CCC1(CC)[C@]2(C#N)[C@@]3([NH+]=C(N)[C@]12C#N)OC[C@H](C)O3. The molecule has 3 rings (SSSR count). The van der Waals surface area contributed by atoms with Gasteiger partial charge < -0.3 is 9.47 Å². The number of rotatable bonds is 2. The molecule has 0 unspecified atom stereocenters. The smallest absolute Gasteiger partial charge is 0.311 e. The first kappa shape index (κ1) is 13.4. The zero-order valence-corrected chi connectivity index (χ0v) is 12.0. The van der Waals surface area contributed by atoms with Crippen molar-refractivity contribution in [2.45, 2.75) is 45.6 Å². The van der Waals surface area contributed by atoms with E-state index in [9.17, 15) is 10.5 Å². The molecule has 0 aromatic rings. The topological polar surface area (TPSA) is 106 Å². The number of hydrogen-bond donors (Lipinski definition) is 2. The number of ether oxygens (including phenoxy) is 2. The van der Waals surface area contributed by atoms with E-state index < -0.39 is 22.2 Å². The fourth-order valence-electron chi connectivity index (χ4n) is 4.75.